The molecule has 0 aliphatic heterocycles. The number of aliphatic carboxylic acids is 1. The lowest BCUT2D eigenvalue weighted by Gasteiger charge is -2.09. The molecule has 1 amide bonds. The van der Waals surface area contributed by atoms with Crippen molar-refractivity contribution in [2.45, 2.75) is 24.7 Å². The summed E-state index contributed by atoms with van der Waals surface area (Å²) in [6.07, 6.45) is 2.22. The largest absolute Gasteiger partial charge is 0.481 e. The van der Waals surface area contributed by atoms with Crippen LogP contribution < -0.4 is 5.32 Å². The minimum Gasteiger partial charge on any atom is -0.481 e. The Bertz CT molecular complexity index is 417. The Morgan fingerprint density at radius 1 is 1.28 bits per heavy atom. The van der Waals surface area contributed by atoms with Crippen LogP contribution in [0.2, 0.25) is 0 Å². The van der Waals surface area contributed by atoms with Gasteiger partial charge in [0.25, 0.3) is 0 Å². The second-order valence-electron chi connectivity index (χ2n) is 4.18. The van der Waals surface area contributed by atoms with E-state index in [1.165, 1.54) is 0 Å². The fourth-order valence-electron chi connectivity index (χ4n) is 1.57. The van der Waals surface area contributed by atoms with Crippen LogP contribution in [0.25, 0.3) is 0 Å². The summed E-state index contributed by atoms with van der Waals surface area (Å²) in [5.74, 6) is -1.19. The van der Waals surface area contributed by atoms with Gasteiger partial charge < -0.3 is 10.4 Å². The van der Waals surface area contributed by atoms with Gasteiger partial charge in [-0.1, -0.05) is 6.92 Å². The lowest BCUT2D eigenvalue weighted by Crippen LogP contribution is -2.16. The fourth-order valence-corrected chi connectivity index (χ4v) is 1.98. The lowest BCUT2D eigenvalue weighted by molar-refractivity contribution is -0.138. The van der Waals surface area contributed by atoms with Crippen LogP contribution in [0, 0.1) is 5.92 Å². The van der Waals surface area contributed by atoms with Gasteiger partial charge in [0, 0.05) is 23.4 Å². The van der Waals surface area contributed by atoms with Crippen LogP contribution in [0.1, 0.15) is 19.8 Å². The first kappa shape index (κ1) is 14.6. The minimum absolute atomic E-state index is 0.0127. The number of carboxylic acids is 1. The third kappa shape index (κ3) is 5.23. The molecule has 0 bridgehead atoms. The smallest absolute Gasteiger partial charge is 0.303 e. The second kappa shape index (κ2) is 7.06. The number of carbonyl (C=O) groups is 2. The van der Waals surface area contributed by atoms with E-state index in [2.05, 4.69) is 5.32 Å². The number of carbonyl (C=O) groups excluding carboxylic acids is 1. The molecule has 0 aromatic heterocycles. The van der Waals surface area contributed by atoms with Gasteiger partial charge in [-0.15, -0.1) is 11.8 Å². The highest BCUT2D eigenvalue weighted by Gasteiger charge is 2.12. The van der Waals surface area contributed by atoms with Gasteiger partial charge in [-0.3, -0.25) is 9.59 Å². The summed E-state index contributed by atoms with van der Waals surface area (Å²) in [5, 5.41) is 11.4. The zero-order valence-corrected chi connectivity index (χ0v) is 11.3. The first-order valence-electron chi connectivity index (χ1n) is 5.67. The number of rotatable bonds is 6. The van der Waals surface area contributed by atoms with E-state index in [1.807, 2.05) is 30.5 Å². The van der Waals surface area contributed by atoms with Gasteiger partial charge in [-0.2, -0.15) is 0 Å². The zero-order chi connectivity index (χ0) is 13.5. The fraction of sp³-hybridized carbons (Fsp3) is 0.385. The van der Waals surface area contributed by atoms with Crippen molar-refractivity contribution in [3.63, 3.8) is 0 Å². The number of carboxylic acid groups (broad SMARTS) is 1. The molecule has 5 heteroatoms. The van der Waals surface area contributed by atoms with Gasteiger partial charge in [0.1, 0.15) is 0 Å². The first-order chi connectivity index (χ1) is 8.51. The second-order valence-corrected chi connectivity index (χ2v) is 5.06. The number of benzene rings is 1. The molecule has 2 N–H and O–H groups in total. The number of anilines is 1. The van der Waals surface area contributed by atoms with Crippen LogP contribution >= 0.6 is 11.8 Å². The summed E-state index contributed by atoms with van der Waals surface area (Å²) in [5.41, 5.74) is 0.736. The molecule has 1 atom stereocenters. The van der Waals surface area contributed by atoms with E-state index in [4.69, 9.17) is 5.11 Å². The predicted octanol–water partition coefficient (Wildman–Crippen LogP) is 2.85. The summed E-state index contributed by atoms with van der Waals surface area (Å²) in [6, 6.07) is 7.54. The maximum Gasteiger partial charge on any atom is 0.303 e. The molecule has 0 heterocycles. The van der Waals surface area contributed by atoms with Crippen LogP contribution in [0.15, 0.2) is 29.2 Å². The van der Waals surface area contributed by atoms with Crippen LogP contribution in [0.3, 0.4) is 0 Å². The molecule has 0 fully saturated rings. The van der Waals surface area contributed by atoms with Crippen molar-refractivity contribution < 1.29 is 14.7 Å². The SMILES string of the molecule is CSc1ccc(NC(=O)CC(C)CC(=O)O)cc1. The summed E-state index contributed by atoms with van der Waals surface area (Å²) >= 11 is 1.64. The van der Waals surface area contributed by atoms with Crippen molar-refractivity contribution in [3.05, 3.63) is 24.3 Å². The van der Waals surface area contributed by atoms with Gasteiger partial charge in [0.05, 0.1) is 0 Å². The highest BCUT2D eigenvalue weighted by molar-refractivity contribution is 7.98. The molecule has 1 rings (SSSR count). The van der Waals surface area contributed by atoms with Crippen molar-refractivity contribution in [2.75, 3.05) is 11.6 Å². The third-order valence-corrected chi connectivity index (χ3v) is 3.17. The summed E-state index contributed by atoms with van der Waals surface area (Å²) in [4.78, 5) is 23.3. The maximum atomic E-state index is 11.6. The number of hydrogen-bond donors (Lipinski definition) is 2. The van der Waals surface area contributed by atoms with Crippen LogP contribution in [0.5, 0.6) is 0 Å². The van der Waals surface area contributed by atoms with Crippen molar-refractivity contribution in [2.24, 2.45) is 5.92 Å². The number of nitrogens with one attached hydrogen (secondary N) is 1. The highest BCUT2D eigenvalue weighted by Crippen LogP contribution is 2.18. The van der Waals surface area contributed by atoms with Crippen LogP contribution in [-0.2, 0) is 9.59 Å². The molecule has 4 nitrogen and oxygen atoms in total. The molecule has 1 aromatic carbocycles. The molecule has 98 valence electrons. The molecule has 0 spiro atoms. The van der Waals surface area contributed by atoms with E-state index in [9.17, 15) is 9.59 Å². The molecule has 0 saturated carbocycles. The van der Waals surface area contributed by atoms with E-state index in [0.717, 1.165) is 10.6 Å². The first-order valence-corrected chi connectivity index (χ1v) is 6.89. The van der Waals surface area contributed by atoms with E-state index in [-0.39, 0.29) is 24.7 Å². The Hall–Kier alpha value is -1.49. The lowest BCUT2D eigenvalue weighted by atomic mass is 10.0. The third-order valence-electron chi connectivity index (χ3n) is 2.43. The average molecular weight is 267 g/mol. The zero-order valence-electron chi connectivity index (χ0n) is 10.5. The van der Waals surface area contributed by atoms with Crippen molar-refractivity contribution in [1.82, 2.24) is 0 Å². The van der Waals surface area contributed by atoms with E-state index in [1.54, 1.807) is 18.7 Å². The number of thioether (sulfide) groups is 1. The Balaban J connectivity index is 2.46. The molecule has 0 aliphatic rings. The monoisotopic (exact) mass is 267 g/mol. The minimum atomic E-state index is -0.875. The molecular weight excluding hydrogens is 250 g/mol. The van der Waals surface area contributed by atoms with Gasteiger partial charge in [0.2, 0.25) is 5.91 Å². The van der Waals surface area contributed by atoms with Gasteiger partial charge in [-0.05, 0) is 36.4 Å². The van der Waals surface area contributed by atoms with E-state index >= 15 is 0 Å². The van der Waals surface area contributed by atoms with Crippen molar-refractivity contribution in [1.29, 1.82) is 0 Å². The summed E-state index contributed by atoms with van der Waals surface area (Å²) < 4.78 is 0. The average Bonchev–Trinajstić information content (AvgIpc) is 2.28. The van der Waals surface area contributed by atoms with Gasteiger partial charge >= 0.3 is 5.97 Å². The molecule has 1 aromatic rings. The number of hydrogen-bond acceptors (Lipinski definition) is 3. The Kier molecular flexibility index (Phi) is 5.71. The topological polar surface area (TPSA) is 66.4 Å². The number of amides is 1. The molecule has 18 heavy (non-hydrogen) atoms. The standard InChI is InChI=1S/C13H17NO3S/c1-9(8-13(16)17)7-12(15)14-10-3-5-11(18-2)6-4-10/h3-6,9H,7-8H2,1-2H3,(H,14,15)(H,16,17). The van der Waals surface area contributed by atoms with E-state index < -0.39 is 5.97 Å². The summed E-state index contributed by atoms with van der Waals surface area (Å²) in [7, 11) is 0. The molecule has 1 unspecified atom stereocenters. The van der Waals surface area contributed by atoms with Crippen molar-refractivity contribution >= 4 is 29.3 Å². The quantitative estimate of drug-likeness (QED) is 0.778. The van der Waals surface area contributed by atoms with Crippen LogP contribution in [0.4, 0.5) is 5.69 Å². The maximum absolute atomic E-state index is 11.6. The Labute approximate surface area is 111 Å². The molecular formula is C13H17NO3S. The van der Waals surface area contributed by atoms with Crippen LogP contribution in [-0.4, -0.2) is 23.2 Å². The molecule has 0 saturated heterocycles. The Morgan fingerprint density at radius 2 is 1.89 bits per heavy atom. The normalized spacial score (nSPS) is 11.9. The Morgan fingerprint density at radius 3 is 2.39 bits per heavy atom. The highest BCUT2D eigenvalue weighted by atomic mass is 32.2. The molecule has 0 radical (unpaired) electrons. The summed E-state index contributed by atoms with van der Waals surface area (Å²) in [6.45, 7) is 1.75. The van der Waals surface area contributed by atoms with Gasteiger partial charge in [0.15, 0.2) is 0 Å². The van der Waals surface area contributed by atoms with E-state index in [0.29, 0.717) is 0 Å². The predicted molar refractivity (Wildman–Crippen MR) is 72.9 cm³/mol. The van der Waals surface area contributed by atoms with Gasteiger partial charge in [-0.25, -0.2) is 0 Å². The van der Waals surface area contributed by atoms with Crippen molar-refractivity contribution in [3.8, 4) is 0 Å². The molecule has 0 aliphatic carbocycles.